The average molecular weight is 347 g/mol. The molecular weight excluding hydrogens is 322 g/mol. The van der Waals surface area contributed by atoms with Gasteiger partial charge in [0.2, 0.25) is 0 Å². The molecule has 4 heteroatoms. The topological polar surface area (TPSA) is 64.9 Å². The van der Waals surface area contributed by atoms with Crippen molar-refractivity contribution in [3.63, 3.8) is 0 Å². The van der Waals surface area contributed by atoms with Crippen molar-refractivity contribution < 1.29 is 4.79 Å². The summed E-state index contributed by atoms with van der Waals surface area (Å²) in [6, 6.07) is 15.7. The van der Waals surface area contributed by atoms with E-state index in [9.17, 15) is 10.1 Å². The van der Waals surface area contributed by atoms with Crippen molar-refractivity contribution in [2.75, 3.05) is 10.6 Å². The quantitative estimate of drug-likeness (QED) is 0.562. The Bertz CT molecular complexity index is 860. The molecule has 0 radical (unpaired) electrons. The fourth-order valence-electron chi connectivity index (χ4n) is 2.83. The van der Waals surface area contributed by atoms with Crippen LogP contribution in [0.1, 0.15) is 43.4 Å². The van der Waals surface area contributed by atoms with Gasteiger partial charge in [-0.25, -0.2) is 0 Å². The molecule has 0 saturated carbocycles. The highest BCUT2D eigenvalue weighted by Crippen LogP contribution is 2.24. The van der Waals surface area contributed by atoms with Crippen LogP contribution >= 0.6 is 0 Å². The van der Waals surface area contributed by atoms with Gasteiger partial charge in [0.15, 0.2) is 0 Å². The maximum Gasteiger partial charge on any atom is 0.267 e. The van der Waals surface area contributed by atoms with E-state index in [1.807, 2.05) is 55.5 Å². The van der Waals surface area contributed by atoms with E-state index in [1.54, 1.807) is 0 Å². The van der Waals surface area contributed by atoms with Gasteiger partial charge in [0.1, 0.15) is 11.6 Å². The van der Waals surface area contributed by atoms with E-state index in [2.05, 4.69) is 31.4 Å². The Morgan fingerprint density at radius 1 is 1.19 bits per heavy atom. The van der Waals surface area contributed by atoms with Crippen molar-refractivity contribution >= 4 is 17.3 Å². The van der Waals surface area contributed by atoms with Crippen molar-refractivity contribution in [1.82, 2.24) is 0 Å². The highest BCUT2D eigenvalue weighted by Gasteiger charge is 2.13. The summed E-state index contributed by atoms with van der Waals surface area (Å²) in [6.07, 6.45) is 2.35. The first kappa shape index (κ1) is 19.3. The van der Waals surface area contributed by atoms with Crippen LogP contribution in [0.25, 0.3) is 0 Å². The van der Waals surface area contributed by atoms with Crippen LogP contribution in [0.3, 0.4) is 0 Å². The van der Waals surface area contributed by atoms with Gasteiger partial charge in [-0.05, 0) is 42.0 Å². The number of hydrogen-bond acceptors (Lipinski definition) is 3. The van der Waals surface area contributed by atoms with Crippen molar-refractivity contribution in [1.29, 1.82) is 5.26 Å². The van der Waals surface area contributed by atoms with Crippen LogP contribution in [0, 0.1) is 18.3 Å². The first-order chi connectivity index (χ1) is 12.5. The van der Waals surface area contributed by atoms with Crippen LogP contribution in [0.2, 0.25) is 0 Å². The van der Waals surface area contributed by atoms with Gasteiger partial charge in [0, 0.05) is 17.6 Å². The number of anilines is 2. The third kappa shape index (κ3) is 4.52. The molecule has 0 saturated heterocycles. The van der Waals surface area contributed by atoms with Crippen molar-refractivity contribution in [3.8, 4) is 6.07 Å². The number of carbonyl (C=O) groups is 1. The first-order valence-corrected chi connectivity index (χ1v) is 8.83. The molecule has 2 rings (SSSR count). The number of nitrogens with one attached hydrogen (secondary N) is 2. The number of hydrogen-bond donors (Lipinski definition) is 2. The lowest BCUT2D eigenvalue weighted by molar-refractivity contribution is -0.112. The predicted molar refractivity (Wildman–Crippen MR) is 107 cm³/mol. The number of para-hydroxylation sites is 2. The Kier molecular flexibility index (Phi) is 6.57. The molecule has 4 nitrogen and oxygen atoms in total. The van der Waals surface area contributed by atoms with Gasteiger partial charge >= 0.3 is 0 Å². The minimum atomic E-state index is -0.417. The Morgan fingerprint density at radius 3 is 2.58 bits per heavy atom. The van der Waals surface area contributed by atoms with Gasteiger partial charge in [0.25, 0.3) is 5.91 Å². The predicted octanol–water partition coefficient (Wildman–Crippen LogP) is 5.14. The second-order valence-corrected chi connectivity index (χ2v) is 6.47. The molecule has 0 bridgehead atoms. The Labute approximate surface area is 155 Å². The lowest BCUT2D eigenvalue weighted by Crippen LogP contribution is -2.16. The fraction of sp³-hybridized carbons (Fsp3) is 0.273. The minimum Gasteiger partial charge on any atom is -0.360 e. The SMILES string of the molecule is CCc1cccc(C)c1N/C=C(/C#N)C(=O)Nc1ccccc1C(C)C. The molecule has 0 aliphatic heterocycles. The molecule has 0 aromatic heterocycles. The molecule has 134 valence electrons. The molecule has 2 aromatic rings. The second-order valence-electron chi connectivity index (χ2n) is 6.47. The monoisotopic (exact) mass is 347 g/mol. The summed E-state index contributed by atoms with van der Waals surface area (Å²) in [5, 5.41) is 15.4. The lowest BCUT2D eigenvalue weighted by atomic mass is 10.0. The molecule has 0 atom stereocenters. The average Bonchev–Trinajstić information content (AvgIpc) is 2.63. The number of carbonyl (C=O) groups excluding carboxylic acids is 1. The number of nitrogens with zero attached hydrogens (tertiary/aromatic N) is 1. The zero-order valence-corrected chi connectivity index (χ0v) is 15.8. The summed E-state index contributed by atoms with van der Waals surface area (Å²) in [5.41, 5.74) is 4.97. The molecule has 0 spiro atoms. The van der Waals surface area contributed by atoms with Crippen molar-refractivity contribution in [2.24, 2.45) is 0 Å². The summed E-state index contributed by atoms with van der Waals surface area (Å²) >= 11 is 0. The van der Waals surface area contributed by atoms with E-state index in [0.717, 1.165) is 34.5 Å². The van der Waals surface area contributed by atoms with Gasteiger partial charge in [-0.2, -0.15) is 5.26 Å². The molecule has 0 fully saturated rings. The molecule has 2 N–H and O–H groups in total. The summed E-state index contributed by atoms with van der Waals surface area (Å²) < 4.78 is 0. The smallest absolute Gasteiger partial charge is 0.267 e. The molecule has 0 aliphatic carbocycles. The Hall–Kier alpha value is -3.06. The molecule has 1 amide bonds. The maximum atomic E-state index is 12.5. The van der Waals surface area contributed by atoms with Gasteiger partial charge in [0.05, 0.1) is 0 Å². The van der Waals surface area contributed by atoms with Crippen LogP contribution < -0.4 is 10.6 Å². The highest BCUT2D eigenvalue weighted by atomic mass is 16.1. The molecule has 0 unspecified atom stereocenters. The van der Waals surface area contributed by atoms with Crippen molar-refractivity contribution in [3.05, 3.63) is 70.9 Å². The largest absolute Gasteiger partial charge is 0.360 e. The molecule has 26 heavy (non-hydrogen) atoms. The standard InChI is InChI=1S/C22H25N3O/c1-5-17-10-8-9-16(4)21(17)24-14-18(13-23)22(26)25-20-12-7-6-11-19(20)15(2)3/h6-12,14-15,24H,5H2,1-4H3,(H,25,26)/b18-14-. The summed E-state index contributed by atoms with van der Waals surface area (Å²) in [6.45, 7) is 8.21. The third-order valence-electron chi connectivity index (χ3n) is 4.30. The van der Waals surface area contributed by atoms with Gasteiger partial charge < -0.3 is 10.6 Å². The number of nitriles is 1. The first-order valence-electron chi connectivity index (χ1n) is 8.83. The molecular formula is C22H25N3O. The number of rotatable bonds is 6. The minimum absolute atomic E-state index is 0.0360. The summed E-state index contributed by atoms with van der Waals surface area (Å²) in [7, 11) is 0. The lowest BCUT2D eigenvalue weighted by Gasteiger charge is -2.14. The number of benzene rings is 2. The Balaban J connectivity index is 2.23. The second kappa shape index (κ2) is 8.87. The van der Waals surface area contributed by atoms with Crippen LogP contribution in [-0.2, 0) is 11.2 Å². The zero-order valence-electron chi connectivity index (χ0n) is 15.8. The molecule has 0 aliphatic rings. The van der Waals surface area contributed by atoms with E-state index >= 15 is 0 Å². The molecule has 2 aromatic carbocycles. The number of aryl methyl sites for hydroxylation is 2. The Morgan fingerprint density at radius 2 is 1.92 bits per heavy atom. The van der Waals surface area contributed by atoms with Gasteiger partial charge in [-0.15, -0.1) is 0 Å². The van der Waals surface area contributed by atoms with E-state index < -0.39 is 5.91 Å². The van der Waals surface area contributed by atoms with Crippen LogP contribution in [0.4, 0.5) is 11.4 Å². The van der Waals surface area contributed by atoms with Gasteiger partial charge in [-0.1, -0.05) is 57.2 Å². The summed E-state index contributed by atoms with van der Waals surface area (Å²) in [4.78, 5) is 12.5. The summed E-state index contributed by atoms with van der Waals surface area (Å²) in [5.74, 6) is -0.141. The van der Waals surface area contributed by atoms with Crippen molar-refractivity contribution in [2.45, 2.75) is 40.0 Å². The fourth-order valence-corrected chi connectivity index (χ4v) is 2.83. The highest BCUT2D eigenvalue weighted by molar-refractivity contribution is 6.07. The number of amides is 1. The van der Waals surface area contributed by atoms with Crippen LogP contribution in [0.15, 0.2) is 54.2 Å². The van der Waals surface area contributed by atoms with E-state index in [4.69, 9.17) is 0 Å². The normalized spacial score (nSPS) is 11.2. The van der Waals surface area contributed by atoms with Crippen LogP contribution in [0.5, 0.6) is 0 Å². The van der Waals surface area contributed by atoms with E-state index in [0.29, 0.717) is 0 Å². The molecule has 0 heterocycles. The third-order valence-corrected chi connectivity index (χ3v) is 4.30. The zero-order chi connectivity index (χ0) is 19.1. The maximum absolute atomic E-state index is 12.5. The van der Waals surface area contributed by atoms with Gasteiger partial charge in [-0.3, -0.25) is 4.79 Å². The van der Waals surface area contributed by atoms with E-state index in [1.165, 1.54) is 6.20 Å². The van der Waals surface area contributed by atoms with Crippen LogP contribution in [-0.4, -0.2) is 5.91 Å². The van der Waals surface area contributed by atoms with E-state index in [-0.39, 0.29) is 11.5 Å².